The summed E-state index contributed by atoms with van der Waals surface area (Å²) in [5, 5.41) is 9.47. The van der Waals surface area contributed by atoms with Crippen LogP contribution in [0.4, 0.5) is 13.2 Å². The first kappa shape index (κ1) is 16.0. The van der Waals surface area contributed by atoms with E-state index in [-0.39, 0.29) is 6.42 Å². The molecule has 3 nitrogen and oxygen atoms in total. The predicted octanol–water partition coefficient (Wildman–Crippen LogP) is 2.64. The van der Waals surface area contributed by atoms with Crippen molar-refractivity contribution >= 4 is 9.84 Å². The summed E-state index contributed by atoms with van der Waals surface area (Å²) in [6.45, 7) is 1.78. The Hall–Kier alpha value is -1.08. The summed E-state index contributed by atoms with van der Waals surface area (Å²) in [5.74, 6) is -0.567. The van der Waals surface area contributed by atoms with Crippen LogP contribution in [0.3, 0.4) is 0 Å². The van der Waals surface area contributed by atoms with Crippen molar-refractivity contribution in [2.75, 3.05) is 5.75 Å². The molecule has 19 heavy (non-hydrogen) atoms. The van der Waals surface area contributed by atoms with Crippen molar-refractivity contribution in [3.8, 4) is 0 Å². The topological polar surface area (TPSA) is 54.4 Å². The van der Waals surface area contributed by atoms with Crippen molar-refractivity contribution in [1.29, 1.82) is 0 Å². The van der Waals surface area contributed by atoms with Crippen LogP contribution in [0, 0.1) is 0 Å². The van der Waals surface area contributed by atoms with E-state index in [9.17, 15) is 26.7 Å². The monoisotopic (exact) mass is 296 g/mol. The van der Waals surface area contributed by atoms with Crippen LogP contribution in [0.5, 0.6) is 0 Å². The summed E-state index contributed by atoms with van der Waals surface area (Å²) in [6, 6.07) is 3.54. The number of sulfone groups is 1. The highest BCUT2D eigenvalue weighted by molar-refractivity contribution is 7.91. The first-order valence-electron chi connectivity index (χ1n) is 5.75. The molecule has 7 heteroatoms. The predicted molar refractivity (Wildman–Crippen MR) is 64.4 cm³/mol. The molecule has 1 rings (SSSR count). The molecular weight excluding hydrogens is 281 g/mol. The molecular formula is C12H15F3O3S. The zero-order chi connectivity index (χ0) is 14.7. The van der Waals surface area contributed by atoms with Crippen LogP contribution >= 0.6 is 0 Å². The van der Waals surface area contributed by atoms with Gasteiger partial charge in [-0.25, -0.2) is 8.42 Å². The normalized spacial score (nSPS) is 14.4. The lowest BCUT2D eigenvalue weighted by Gasteiger charge is -2.12. The average Bonchev–Trinajstić information content (AvgIpc) is 2.27. The molecule has 0 heterocycles. The fourth-order valence-corrected chi connectivity index (χ4v) is 3.09. The molecule has 0 spiro atoms. The first-order valence-corrected chi connectivity index (χ1v) is 7.40. The first-order chi connectivity index (χ1) is 8.66. The Kier molecular flexibility index (Phi) is 4.98. The van der Waals surface area contributed by atoms with Crippen LogP contribution in [0.15, 0.2) is 29.2 Å². The Morgan fingerprint density at radius 1 is 1.32 bits per heavy atom. The lowest BCUT2D eigenvalue weighted by molar-refractivity contribution is -0.137. The molecule has 0 aromatic heterocycles. The van der Waals surface area contributed by atoms with Gasteiger partial charge in [-0.05, 0) is 24.6 Å². The molecule has 0 fully saturated rings. The van der Waals surface area contributed by atoms with E-state index in [1.807, 2.05) is 0 Å². The third-order valence-corrected chi connectivity index (χ3v) is 4.35. The van der Waals surface area contributed by atoms with Gasteiger partial charge in [-0.3, -0.25) is 0 Å². The molecule has 0 amide bonds. The van der Waals surface area contributed by atoms with Gasteiger partial charge in [0.1, 0.15) is 0 Å². The maximum Gasteiger partial charge on any atom is 0.416 e. The second kappa shape index (κ2) is 5.92. The third kappa shape index (κ3) is 4.50. The number of alkyl halides is 3. The molecule has 1 atom stereocenters. The molecule has 0 aliphatic heterocycles. The number of benzene rings is 1. The molecule has 0 saturated carbocycles. The third-order valence-electron chi connectivity index (χ3n) is 2.55. The van der Waals surface area contributed by atoms with Gasteiger partial charge in [0.2, 0.25) is 0 Å². The largest absolute Gasteiger partial charge is 0.416 e. The summed E-state index contributed by atoms with van der Waals surface area (Å²) in [6.07, 6.45) is -4.77. The molecule has 1 aromatic rings. The number of aliphatic hydroxyl groups is 1. The van der Waals surface area contributed by atoms with E-state index in [0.717, 1.165) is 18.2 Å². The Balaban J connectivity index is 3.02. The van der Waals surface area contributed by atoms with Crippen molar-refractivity contribution in [2.24, 2.45) is 0 Å². The van der Waals surface area contributed by atoms with E-state index in [2.05, 4.69) is 0 Å². The quantitative estimate of drug-likeness (QED) is 0.909. The Labute approximate surface area is 110 Å². The second-order valence-corrected chi connectivity index (χ2v) is 6.28. The SMILES string of the molecule is CCCC(O)CS(=O)(=O)c1cccc(C(F)(F)F)c1. The number of hydrogen-bond donors (Lipinski definition) is 1. The van der Waals surface area contributed by atoms with E-state index < -0.39 is 38.3 Å². The molecule has 1 N–H and O–H groups in total. The summed E-state index contributed by atoms with van der Waals surface area (Å²) >= 11 is 0. The minimum absolute atomic E-state index is 0.290. The van der Waals surface area contributed by atoms with Crippen molar-refractivity contribution in [3.05, 3.63) is 29.8 Å². The van der Waals surface area contributed by atoms with Gasteiger partial charge in [0.05, 0.1) is 22.3 Å². The fraction of sp³-hybridized carbons (Fsp3) is 0.500. The van der Waals surface area contributed by atoms with Gasteiger partial charge in [0, 0.05) is 0 Å². The van der Waals surface area contributed by atoms with Gasteiger partial charge < -0.3 is 5.11 Å². The van der Waals surface area contributed by atoms with Crippen LogP contribution in [-0.2, 0) is 16.0 Å². The zero-order valence-electron chi connectivity index (χ0n) is 10.3. The minimum atomic E-state index is -4.59. The van der Waals surface area contributed by atoms with Crippen LogP contribution < -0.4 is 0 Å². The van der Waals surface area contributed by atoms with E-state index in [0.29, 0.717) is 12.5 Å². The van der Waals surface area contributed by atoms with E-state index in [1.165, 1.54) is 0 Å². The molecule has 0 aliphatic rings. The highest BCUT2D eigenvalue weighted by Gasteiger charge is 2.31. The van der Waals surface area contributed by atoms with Gasteiger partial charge in [-0.1, -0.05) is 19.4 Å². The molecule has 0 bridgehead atoms. The average molecular weight is 296 g/mol. The van der Waals surface area contributed by atoms with Gasteiger partial charge in [-0.15, -0.1) is 0 Å². The van der Waals surface area contributed by atoms with Gasteiger partial charge in [0.15, 0.2) is 9.84 Å². The van der Waals surface area contributed by atoms with Crippen molar-refractivity contribution in [3.63, 3.8) is 0 Å². The van der Waals surface area contributed by atoms with Crippen molar-refractivity contribution < 1.29 is 26.7 Å². The standard InChI is InChI=1S/C12H15F3O3S/c1-2-4-10(16)8-19(17,18)11-6-3-5-9(7-11)12(13,14)15/h3,5-7,10,16H,2,4,8H2,1H3. The lowest BCUT2D eigenvalue weighted by atomic mass is 10.2. The van der Waals surface area contributed by atoms with Crippen LogP contribution in [0.2, 0.25) is 0 Å². The molecule has 1 aromatic carbocycles. The van der Waals surface area contributed by atoms with E-state index >= 15 is 0 Å². The number of halogens is 3. The van der Waals surface area contributed by atoms with Crippen LogP contribution in [0.25, 0.3) is 0 Å². The Bertz CT molecular complexity index is 523. The lowest BCUT2D eigenvalue weighted by Crippen LogP contribution is -2.21. The Morgan fingerprint density at radius 2 is 1.95 bits per heavy atom. The van der Waals surface area contributed by atoms with Gasteiger partial charge in [-0.2, -0.15) is 13.2 Å². The van der Waals surface area contributed by atoms with Crippen molar-refractivity contribution in [2.45, 2.75) is 36.9 Å². The fourth-order valence-electron chi connectivity index (χ4n) is 1.63. The maximum absolute atomic E-state index is 12.5. The van der Waals surface area contributed by atoms with E-state index in [1.54, 1.807) is 6.92 Å². The second-order valence-electron chi connectivity index (χ2n) is 4.25. The maximum atomic E-state index is 12.5. The summed E-state index contributed by atoms with van der Waals surface area (Å²) < 4.78 is 61.2. The number of hydrogen-bond acceptors (Lipinski definition) is 3. The summed E-state index contributed by atoms with van der Waals surface area (Å²) in [7, 11) is -3.91. The summed E-state index contributed by atoms with van der Waals surface area (Å²) in [4.78, 5) is -0.419. The molecule has 0 aliphatic carbocycles. The number of rotatable bonds is 5. The zero-order valence-corrected chi connectivity index (χ0v) is 11.1. The van der Waals surface area contributed by atoms with Crippen LogP contribution in [0.1, 0.15) is 25.3 Å². The van der Waals surface area contributed by atoms with Crippen LogP contribution in [-0.4, -0.2) is 25.4 Å². The highest BCUT2D eigenvalue weighted by Crippen LogP contribution is 2.30. The number of aliphatic hydroxyl groups excluding tert-OH is 1. The smallest absolute Gasteiger partial charge is 0.392 e. The highest BCUT2D eigenvalue weighted by atomic mass is 32.2. The molecule has 1 unspecified atom stereocenters. The van der Waals surface area contributed by atoms with Gasteiger partial charge in [0.25, 0.3) is 0 Å². The van der Waals surface area contributed by atoms with E-state index in [4.69, 9.17) is 0 Å². The summed E-state index contributed by atoms with van der Waals surface area (Å²) in [5.41, 5.74) is -1.02. The Morgan fingerprint density at radius 3 is 2.47 bits per heavy atom. The molecule has 0 radical (unpaired) electrons. The minimum Gasteiger partial charge on any atom is -0.392 e. The molecule has 108 valence electrons. The van der Waals surface area contributed by atoms with Gasteiger partial charge >= 0.3 is 6.18 Å². The van der Waals surface area contributed by atoms with Crippen molar-refractivity contribution in [1.82, 2.24) is 0 Å². The molecule has 0 saturated heterocycles.